The Balaban J connectivity index is 1.98. The highest BCUT2D eigenvalue weighted by molar-refractivity contribution is 7.84. The maximum atomic E-state index is 12.5. The lowest BCUT2D eigenvalue weighted by molar-refractivity contribution is -0.137. The van der Waals surface area contributed by atoms with Crippen LogP contribution in [0.3, 0.4) is 0 Å². The molecular formula is C16H14F3NO2S. The highest BCUT2D eigenvalue weighted by Gasteiger charge is 2.30. The van der Waals surface area contributed by atoms with E-state index in [0.29, 0.717) is 4.90 Å². The third-order valence-electron chi connectivity index (χ3n) is 3.18. The summed E-state index contributed by atoms with van der Waals surface area (Å²) in [6.07, 6.45) is -2.85. The minimum atomic E-state index is -4.42. The summed E-state index contributed by atoms with van der Waals surface area (Å²) in [6.45, 7) is 0.233. The van der Waals surface area contributed by atoms with E-state index < -0.39 is 28.4 Å². The second-order valence-electron chi connectivity index (χ2n) is 4.86. The second kappa shape index (κ2) is 6.95. The van der Waals surface area contributed by atoms with E-state index in [-0.39, 0.29) is 12.1 Å². The molecular weight excluding hydrogens is 327 g/mol. The zero-order chi connectivity index (χ0) is 17.0. The first-order valence-corrected chi connectivity index (χ1v) is 8.21. The third kappa shape index (κ3) is 4.66. The Kier molecular flexibility index (Phi) is 5.20. The molecule has 0 bridgehead atoms. The van der Waals surface area contributed by atoms with Crippen LogP contribution in [0.5, 0.6) is 0 Å². The minimum Gasteiger partial charge on any atom is -0.348 e. The van der Waals surface area contributed by atoms with Gasteiger partial charge in [-0.05, 0) is 42.0 Å². The lowest BCUT2D eigenvalue weighted by Gasteiger charge is -2.08. The van der Waals surface area contributed by atoms with Crippen molar-refractivity contribution in [1.82, 2.24) is 5.32 Å². The highest BCUT2D eigenvalue weighted by atomic mass is 32.2. The lowest BCUT2D eigenvalue weighted by atomic mass is 10.1. The van der Waals surface area contributed by atoms with Crippen LogP contribution < -0.4 is 5.32 Å². The molecule has 7 heteroatoms. The predicted octanol–water partition coefficient (Wildman–Crippen LogP) is 3.37. The van der Waals surface area contributed by atoms with Gasteiger partial charge in [-0.2, -0.15) is 13.2 Å². The summed E-state index contributed by atoms with van der Waals surface area (Å²) in [5.74, 6) is -0.457. The fraction of sp³-hybridized carbons (Fsp3) is 0.188. The van der Waals surface area contributed by atoms with Crippen LogP contribution in [0.4, 0.5) is 13.2 Å². The topological polar surface area (TPSA) is 46.2 Å². The molecule has 122 valence electrons. The molecule has 0 radical (unpaired) electrons. The molecule has 1 amide bonds. The first-order chi connectivity index (χ1) is 10.8. The number of hydrogen-bond donors (Lipinski definition) is 1. The van der Waals surface area contributed by atoms with Crippen LogP contribution >= 0.6 is 0 Å². The highest BCUT2D eigenvalue weighted by Crippen LogP contribution is 2.29. The fourth-order valence-corrected chi connectivity index (χ4v) is 2.41. The third-order valence-corrected chi connectivity index (χ3v) is 4.12. The Morgan fingerprint density at radius 2 is 1.61 bits per heavy atom. The van der Waals surface area contributed by atoms with E-state index in [1.54, 1.807) is 30.5 Å². The van der Waals surface area contributed by atoms with E-state index in [1.807, 2.05) is 0 Å². The van der Waals surface area contributed by atoms with Crippen LogP contribution in [0, 0.1) is 0 Å². The van der Waals surface area contributed by atoms with Crippen LogP contribution in [0.15, 0.2) is 53.4 Å². The molecule has 0 spiro atoms. The second-order valence-corrected chi connectivity index (χ2v) is 6.24. The van der Waals surface area contributed by atoms with Crippen molar-refractivity contribution in [3.8, 4) is 0 Å². The molecule has 0 aliphatic carbocycles. The molecule has 0 aliphatic rings. The quantitative estimate of drug-likeness (QED) is 0.927. The number of benzene rings is 2. The van der Waals surface area contributed by atoms with E-state index in [2.05, 4.69) is 5.32 Å². The molecule has 2 rings (SSSR count). The number of nitrogens with one attached hydrogen (secondary N) is 1. The van der Waals surface area contributed by atoms with Gasteiger partial charge in [-0.15, -0.1) is 0 Å². The Morgan fingerprint density at radius 3 is 2.09 bits per heavy atom. The van der Waals surface area contributed by atoms with E-state index >= 15 is 0 Å². The van der Waals surface area contributed by atoms with Crippen molar-refractivity contribution in [1.29, 1.82) is 0 Å². The van der Waals surface area contributed by atoms with Gasteiger partial charge in [0.25, 0.3) is 5.91 Å². The Morgan fingerprint density at radius 1 is 1.04 bits per heavy atom. The van der Waals surface area contributed by atoms with E-state index in [0.717, 1.165) is 29.8 Å². The normalized spacial score (nSPS) is 12.7. The molecule has 2 aromatic carbocycles. The molecule has 1 atom stereocenters. The standard InChI is InChI=1S/C16H14F3NO2S/c1-23(22)14-8-2-11(3-9-14)10-20-15(21)12-4-6-13(7-5-12)16(17,18)19/h2-9H,10H2,1H3,(H,20,21)/t23-/m1/s1. The zero-order valence-electron chi connectivity index (χ0n) is 12.2. The van der Waals surface area contributed by atoms with Gasteiger partial charge in [-0.25, -0.2) is 0 Å². The van der Waals surface area contributed by atoms with Gasteiger partial charge < -0.3 is 5.32 Å². The largest absolute Gasteiger partial charge is 0.416 e. The summed E-state index contributed by atoms with van der Waals surface area (Å²) in [5.41, 5.74) is 0.168. The average Bonchev–Trinajstić information content (AvgIpc) is 2.52. The summed E-state index contributed by atoms with van der Waals surface area (Å²) in [5, 5.41) is 2.63. The molecule has 0 aliphatic heterocycles. The number of halogens is 3. The van der Waals surface area contributed by atoms with Crippen LogP contribution in [-0.4, -0.2) is 16.4 Å². The van der Waals surface area contributed by atoms with Gasteiger partial charge in [-0.3, -0.25) is 9.00 Å². The SMILES string of the molecule is C[S@@](=O)c1ccc(CNC(=O)c2ccc(C(F)(F)F)cc2)cc1. The van der Waals surface area contributed by atoms with Crippen LogP contribution in [0.2, 0.25) is 0 Å². The molecule has 0 saturated heterocycles. The molecule has 23 heavy (non-hydrogen) atoms. The summed E-state index contributed by atoms with van der Waals surface area (Å²) in [7, 11) is -1.07. The van der Waals surface area contributed by atoms with Crippen LogP contribution in [0.1, 0.15) is 21.5 Å². The van der Waals surface area contributed by atoms with Gasteiger partial charge in [0.2, 0.25) is 0 Å². The minimum absolute atomic E-state index is 0.157. The number of hydrogen-bond acceptors (Lipinski definition) is 2. The van der Waals surface area contributed by atoms with Crippen molar-refractivity contribution in [2.24, 2.45) is 0 Å². The molecule has 0 aromatic heterocycles. The summed E-state index contributed by atoms with van der Waals surface area (Å²) in [4.78, 5) is 12.6. The first kappa shape index (κ1) is 17.2. The molecule has 3 nitrogen and oxygen atoms in total. The predicted molar refractivity (Wildman–Crippen MR) is 81.4 cm³/mol. The summed E-state index contributed by atoms with van der Waals surface area (Å²) in [6, 6.07) is 10.9. The maximum Gasteiger partial charge on any atom is 0.416 e. The number of rotatable bonds is 4. The molecule has 1 N–H and O–H groups in total. The summed E-state index contributed by atoms with van der Waals surface area (Å²) >= 11 is 0. The number of carbonyl (C=O) groups is 1. The van der Waals surface area contributed by atoms with E-state index in [1.165, 1.54) is 0 Å². The average molecular weight is 341 g/mol. The number of amides is 1. The number of alkyl halides is 3. The Bertz CT molecular complexity index is 710. The first-order valence-electron chi connectivity index (χ1n) is 6.65. The van der Waals surface area contributed by atoms with E-state index in [4.69, 9.17) is 0 Å². The van der Waals surface area contributed by atoms with Crippen LogP contribution in [-0.2, 0) is 23.5 Å². The van der Waals surface area contributed by atoms with Gasteiger partial charge in [0, 0.05) is 34.1 Å². The van der Waals surface area contributed by atoms with Crippen molar-refractivity contribution in [3.05, 3.63) is 65.2 Å². The van der Waals surface area contributed by atoms with Crippen molar-refractivity contribution in [3.63, 3.8) is 0 Å². The smallest absolute Gasteiger partial charge is 0.348 e. The molecule has 0 unspecified atom stereocenters. The Labute approximate surface area is 134 Å². The van der Waals surface area contributed by atoms with Gasteiger partial charge in [0.15, 0.2) is 0 Å². The van der Waals surface area contributed by atoms with Crippen molar-refractivity contribution in [2.45, 2.75) is 17.6 Å². The molecule has 0 saturated carbocycles. The van der Waals surface area contributed by atoms with Gasteiger partial charge in [-0.1, -0.05) is 12.1 Å². The van der Waals surface area contributed by atoms with Crippen LogP contribution in [0.25, 0.3) is 0 Å². The summed E-state index contributed by atoms with van der Waals surface area (Å²) < 4.78 is 48.6. The lowest BCUT2D eigenvalue weighted by Crippen LogP contribution is -2.22. The van der Waals surface area contributed by atoms with E-state index in [9.17, 15) is 22.2 Å². The molecule has 0 heterocycles. The zero-order valence-corrected chi connectivity index (χ0v) is 13.0. The van der Waals surface area contributed by atoms with Crippen molar-refractivity contribution >= 4 is 16.7 Å². The van der Waals surface area contributed by atoms with Gasteiger partial charge >= 0.3 is 6.18 Å². The monoisotopic (exact) mass is 341 g/mol. The van der Waals surface area contributed by atoms with Gasteiger partial charge in [0.1, 0.15) is 0 Å². The molecule has 0 fully saturated rings. The van der Waals surface area contributed by atoms with Crippen molar-refractivity contribution < 1.29 is 22.2 Å². The maximum absolute atomic E-state index is 12.5. The Hall–Kier alpha value is -2.15. The van der Waals surface area contributed by atoms with Crippen molar-refractivity contribution in [2.75, 3.05) is 6.26 Å². The van der Waals surface area contributed by atoms with Gasteiger partial charge in [0.05, 0.1) is 5.56 Å². The fourth-order valence-electron chi connectivity index (χ4n) is 1.89. The molecule has 2 aromatic rings. The number of carbonyl (C=O) groups excluding carboxylic acids is 1.